The summed E-state index contributed by atoms with van der Waals surface area (Å²) in [7, 11) is 0. The van der Waals surface area contributed by atoms with Crippen molar-refractivity contribution < 1.29 is 14.3 Å². The summed E-state index contributed by atoms with van der Waals surface area (Å²) in [6, 6.07) is 7.48. The summed E-state index contributed by atoms with van der Waals surface area (Å²) in [5, 5.41) is 0. The van der Waals surface area contributed by atoms with Gasteiger partial charge in [0.2, 0.25) is 5.91 Å². The van der Waals surface area contributed by atoms with Gasteiger partial charge in [0, 0.05) is 32.6 Å². The molecule has 0 unspecified atom stereocenters. The minimum atomic E-state index is -0.292. The van der Waals surface area contributed by atoms with Gasteiger partial charge in [-0.3, -0.25) is 4.79 Å². The molecule has 0 bridgehead atoms. The summed E-state index contributed by atoms with van der Waals surface area (Å²) >= 11 is 0. The van der Waals surface area contributed by atoms with Crippen LogP contribution >= 0.6 is 0 Å². The molecule has 1 fully saturated rings. The highest BCUT2D eigenvalue weighted by Crippen LogP contribution is 2.22. The smallest absolute Gasteiger partial charge is 0.340 e. The number of carbonyl (C=O) groups excluding carboxylic acids is 2. The van der Waals surface area contributed by atoms with Gasteiger partial charge >= 0.3 is 5.97 Å². The van der Waals surface area contributed by atoms with Crippen LogP contribution < -0.4 is 4.90 Å². The summed E-state index contributed by atoms with van der Waals surface area (Å²) in [4.78, 5) is 27.7. The van der Waals surface area contributed by atoms with E-state index in [0.29, 0.717) is 31.7 Å². The Labute approximate surface area is 125 Å². The van der Waals surface area contributed by atoms with E-state index >= 15 is 0 Å². The van der Waals surface area contributed by atoms with Gasteiger partial charge in [-0.1, -0.05) is 19.1 Å². The number of nitrogens with zero attached hydrogens (tertiary/aromatic N) is 2. The van der Waals surface area contributed by atoms with E-state index in [4.69, 9.17) is 4.74 Å². The zero-order chi connectivity index (χ0) is 15.2. The van der Waals surface area contributed by atoms with Crippen LogP contribution in [-0.2, 0) is 9.53 Å². The van der Waals surface area contributed by atoms with Gasteiger partial charge in [0.05, 0.1) is 17.9 Å². The first-order valence-corrected chi connectivity index (χ1v) is 7.46. The maximum atomic E-state index is 12.0. The van der Waals surface area contributed by atoms with Gasteiger partial charge in [0.25, 0.3) is 0 Å². The number of ether oxygens (including phenoxy) is 1. The molecule has 21 heavy (non-hydrogen) atoms. The third kappa shape index (κ3) is 3.54. The maximum absolute atomic E-state index is 12.0. The first-order valence-electron chi connectivity index (χ1n) is 7.46. The van der Waals surface area contributed by atoms with Crippen molar-refractivity contribution in [3.05, 3.63) is 29.8 Å². The van der Waals surface area contributed by atoms with Gasteiger partial charge in [0.15, 0.2) is 0 Å². The number of carbonyl (C=O) groups is 2. The lowest BCUT2D eigenvalue weighted by molar-refractivity contribution is -0.131. The summed E-state index contributed by atoms with van der Waals surface area (Å²) in [6.45, 7) is 6.92. The van der Waals surface area contributed by atoms with Crippen LogP contribution in [0.15, 0.2) is 24.3 Å². The Balaban J connectivity index is 2.10. The van der Waals surface area contributed by atoms with Crippen LogP contribution in [0, 0.1) is 0 Å². The molecule has 1 heterocycles. The van der Waals surface area contributed by atoms with Crippen molar-refractivity contribution in [3.63, 3.8) is 0 Å². The Morgan fingerprint density at radius 3 is 2.38 bits per heavy atom. The van der Waals surface area contributed by atoms with Gasteiger partial charge < -0.3 is 14.5 Å². The zero-order valence-electron chi connectivity index (χ0n) is 12.7. The molecule has 0 spiro atoms. The van der Waals surface area contributed by atoms with E-state index in [1.54, 1.807) is 13.0 Å². The van der Waals surface area contributed by atoms with Crippen LogP contribution in [0.2, 0.25) is 0 Å². The summed E-state index contributed by atoms with van der Waals surface area (Å²) in [6.07, 6.45) is 0.541. The quantitative estimate of drug-likeness (QED) is 0.795. The van der Waals surface area contributed by atoms with Crippen LogP contribution in [-0.4, -0.2) is 49.6 Å². The van der Waals surface area contributed by atoms with E-state index in [9.17, 15) is 9.59 Å². The highest BCUT2D eigenvalue weighted by molar-refractivity contribution is 5.96. The Kier molecular flexibility index (Phi) is 5.20. The topological polar surface area (TPSA) is 49.9 Å². The second-order valence-electron chi connectivity index (χ2n) is 4.96. The van der Waals surface area contributed by atoms with Crippen LogP contribution in [0.4, 0.5) is 5.69 Å². The fourth-order valence-electron chi connectivity index (χ4n) is 2.55. The molecule has 0 atom stereocenters. The fraction of sp³-hybridized carbons (Fsp3) is 0.500. The summed E-state index contributed by atoms with van der Waals surface area (Å²) < 4.78 is 5.11. The Bertz CT molecular complexity index is 508. The zero-order valence-corrected chi connectivity index (χ0v) is 12.7. The second-order valence-corrected chi connectivity index (χ2v) is 4.96. The molecule has 5 nitrogen and oxygen atoms in total. The molecule has 0 N–H and O–H groups in total. The average molecular weight is 290 g/mol. The van der Waals surface area contributed by atoms with E-state index in [-0.39, 0.29) is 11.9 Å². The van der Waals surface area contributed by atoms with Crippen molar-refractivity contribution in [2.45, 2.75) is 20.3 Å². The highest BCUT2D eigenvalue weighted by atomic mass is 16.5. The lowest BCUT2D eigenvalue weighted by atomic mass is 10.1. The lowest BCUT2D eigenvalue weighted by Crippen LogP contribution is -2.49. The molecule has 2 rings (SSSR count). The predicted octanol–water partition coefficient (Wildman–Crippen LogP) is 1.92. The Morgan fingerprint density at radius 1 is 1.10 bits per heavy atom. The summed E-state index contributed by atoms with van der Waals surface area (Å²) in [5.74, 6) is -0.103. The van der Waals surface area contributed by atoms with Crippen LogP contribution in [0.25, 0.3) is 0 Å². The molecule has 1 aromatic carbocycles. The van der Waals surface area contributed by atoms with Crippen LogP contribution in [0.1, 0.15) is 30.6 Å². The third-order valence-corrected chi connectivity index (χ3v) is 3.67. The molecule has 0 saturated carbocycles. The SMILES string of the molecule is CCOC(=O)c1ccccc1N1CCN(C(=O)CC)CC1. The van der Waals surface area contributed by atoms with Gasteiger partial charge in [-0.2, -0.15) is 0 Å². The number of benzene rings is 1. The van der Waals surface area contributed by atoms with Crippen molar-refractivity contribution in [3.8, 4) is 0 Å². The van der Waals surface area contributed by atoms with Gasteiger partial charge in [-0.05, 0) is 19.1 Å². The highest BCUT2D eigenvalue weighted by Gasteiger charge is 2.23. The molecule has 1 aromatic rings. The number of piperazine rings is 1. The van der Waals surface area contributed by atoms with E-state index in [1.807, 2.05) is 30.0 Å². The van der Waals surface area contributed by atoms with Crippen molar-refractivity contribution in [1.29, 1.82) is 0 Å². The number of hydrogen-bond donors (Lipinski definition) is 0. The van der Waals surface area contributed by atoms with Crippen LogP contribution in [0.3, 0.4) is 0 Å². The number of para-hydroxylation sites is 1. The third-order valence-electron chi connectivity index (χ3n) is 3.67. The van der Waals surface area contributed by atoms with Crippen molar-refractivity contribution in [2.24, 2.45) is 0 Å². The molecule has 1 saturated heterocycles. The molecule has 1 aliphatic rings. The number of esters is 1. The second kappa shape index (κ2) is 7.11. The fourth-order valence-corrected chi connectivity index (χ4v) is 2.55. The molecule has 0 aliphatic carbocycles. The first-order chi connectivity index (χ1) is 10.2. The molecule has 1 amide bonds. The molecule has 0 aromatic heterocycles. The van der Waals surface area contributed by atoms with Crippen molar-refractivity contribution in [2.75, 3.05) is 37.7 Å². The molecule has 1 aliphatic heterocycles. The monoisotopic (exact) mass is 290 g/mol. The first kappa shape index (κ1) is 15.4. The van der Waals surface area contributed by atoms with Crippen LogP contribution in [0.5, 0.6) is 0 Å². The van der Waals surface area contributed by atoms with E-state index < -0.39 is 0 Å². The largest absolute Gasteiger partial charge is 0.462 e. The van der Waals surface area contributed by atoms with E-state index in [1.165, 1.54) is 0 Å². The normalized spacial score (nSPS) is 15.0. The minimum Gasteiger partial charge on any atom is -0.462 e. The number of rotatable bonds is 4. The molecular formula is C16H22N2O3. The molecule has 5 heteroatoms. The van der Waals surface area contributed by atoms with Gasteiger partial charge in [-0.15, -0.1) is 0 Å². The summed E-state index contributed by atoms with van der Waals surface area (Å²) in [5.41, 5.74) is 1.48. The molecular weight excluding hydrogens is 268 g/mol. The number of hydrogen-bond acceptors (Lipinski definition) is 4. The van der Waals surface area contributed by atoms with Crippen molar-refractivity contribution in [1.82, 2.24) is 4.90 Å². The standard InChI is InChI=1S/C16H22N2O3/c1-3-15(19)18-11-9-17(10-12-18)14-8-6-5-7-13(14)16(20)21-4-2/h5-8H,3-4,9-12H2,1-2H3. The van der Waals surface area contributed by atoms with E-state index in [0.717, 1.165) is 18.8 Å². The Morgan fingerprint density at radius 2 is 1.76 bits per heavy atom. The van der Waals surface area contributed by atoms with Gasteiger partial charge in [0.1, 0.15) is 0 Å². The maximum Gasteiger partial charge on any atom is 0.340 e. The minimum absolute atomic E-state index is 0.188. The lowest BCUT2D eigenvalue weighted by Gasteiger charge is -2.36. The van der Waals surface area contributed by atoms with Crippen molar-refractivity contribution >= 4 is 17.6 Å². The molecule has 0 radical (unpaired) electrons. The predicted molar refractivity (Wildman–Crippen MR) is 81.5 cm³/mol. The Hall–Kier alpha value is -2.04. The number of anilines is 1. The van der Waals surface area contributed by atoms with Gasteiger partial charge in [-0.25, -0.2) is 4.79 Å². The van der Waals surface area contributed by atoms with E-state index in [2.05, 4.69) is 4.90 Å². The molecule has 114 valence electrons. The number of amides is 1. The average Bonchev–Trinajstić information content (AvgIpc) is 2.54.